The van der Waals surface area contributed by atoms with E-state index in [9.17, 15) is 18.8 Å². The highest BCUT2D eigenvalue weighted by Gasteiger charge is 2.47. The lowest BCUT2D eigenvalue weighted by atomic mass is 9.74. The summed E-state index contributed by atoms with van der Waals surface area (Å²) < 4.78 is 29.8. The Kier molecular flexibility index (Phi) is 10.8. The summed E-state index contributed by atoms with van der Waals surface area (Å²) >= 11 is 0. The van der Waals surface area contributed by atoms with E-state index in [2.05, 4.69) is 0 Å². The summed E-state index contributed by atoms with van der Waals surface area (Å²) in [6.45, 7) is 4.31. The third-order valence-electron chi connectivity index (χ3n) is 10.3. The van der Waals surface area contributed by atoms with Crippen molar-refractivity contribution in [3.05, 3.63) is 35.6 Å². The molecule has 2 aliphatic carbocycles. The molecule has 3 atom stereocenters. The predicted molar refractivity (Wildman–Crippen MR) is 166 cm³/mol. The molecule has 8 nitrogen and oxygen atoms in total. The Morgan fingerprint density at radius 3 is 2.41 bits per heavy atom. The van der Waals surface area contributed by atoms with E-state index in [0.29, 0.717) is 37.5 Å². The van der Waals surface area contributed by atoms with Crippen LogP contribution in [-0.2, 0) is 25.5 Å². The van der Waals surface area contributed by atoms with Crippen molar-refractivity contribution < 1.29 is 32.7 Å². The number of amides is 1. The maximum Gasteiger partial charge on any atom is 0.374 e. The molecule has 0 spiro atoms. The van der Waals surface area contributed by atoms with Gasteiger partial charge in [0.15, 0.2) is 5.78 Å². The van der Waals surface area contributed by atoms with Crippen LogP contribution in [0.25, 0.3) is 11.0 Å². The van der Waals surface area contributed by atoms with Crippen LogP contribution in [0.5, 0.6) is 0 Å². The molecule has 3 fully saturated rings. The maximum absolute atomic E-state index is 14.2. The zero-order chi connectivity index (χ0) is 31.4. The number of carbonyl (C=O) groups is 3. The molecule has 2 N–H and O–H groups in total. The normalized spacial score (nSPS) is 28.4. The second kappa shape index (κ2) is 14.5. The maximum atomic E-state index is 14.2. The lowest BCUT2D eigenvalue weighted by Gasteiger charge is -2.37. The Labute approximate surface area is 260 Å². The van der Waals surface area contributed by atoms with E-state index in [0.717, 1.165) is 55.9 Å². The van der Waals surface area contributed by atoms with Crippen molar-refractivity contribution in [1.82, 2.24) is 4.90 Å². The Morgan fingerprint density at radius 1 is 1.02 bits per heavy atom. The molecule has 9 heteroatoms. The predicted octanol–water partition coefficient (Wildman–Crippen LogP) is 5.88. The number of nitrogens with two attached hydrogens (primary N) is 1. The molecule has 5 rings (SSSR count). The minimum Gasteiger partial charge on any atom is -0.460 e. The number of hydrogen-bond donors (Lipinski definition) is 1. The quantitative estimate of drug-likeness (QED) is 0.315. The average molecular weight is 613 g/mol. The number of esters is 1. The number of Topliss-reactive ketones (excluding diaryl/α,β-unsaturated/α-hetero) is 1. The summed E-state index contributed by atoms with van der Waals surface area (Å²) in [7, 11) is 1.76. The molecule has 2 aromatic rings. The molecule has 44 heavy (non-hydrogen) atoms. The van der Waals surface area contributed by atoms with Gasteiger partial charge in [0.05, 0.1) is 18.8 Å². The van der Waals surface area contributed by atoms with Crippen LogP contribution in [-0.4, -0.2) is 67.7 Å². The number of furan rings is 1. The Hall–Kier alpha value is -2.78. The van der Waals surface area contributed by atoms with Gasteiger partial charge in [-0.3, -0.25) is 9.59 Å². The zero-order valence-electron chi connectivity index (χ0n) is 26.5. The van der Waals surface area contributed by atoms with E-state index in [1.807, 2.05) is 30.9 Å². The van der Waals surface area contributed by atoms with E-state index < -0.39 is 24.7 Å². The third kappa shape index (κ3) is 7.36. The van der Waals surface area contributed by atoms with Crippen LogP contribution in [0, 0.1) is 29.6 Å². The molecule has 0 unspecified atom stereocenters. The first kappa shape index (κ1) is 32.6. The van der Waals surface area contributed by atoms with Crippen molar-refractivity contribution in [1.29, 1.82) is 0 Å². The molecular formula is C35H49FN2O6. The van der Waals surface area contributed by atoms with Gasteiger partial charge in [0.25, 0.3) is 0 Å². The number of rotatable bonds is 11. The summed E-state index contributed by atoms with van der Waals surface area (Å²) in [6, 6.07) is 6.29. The topological polar surface area (TPSA) is 112 Å². The number of nitrogens with zero attached hydrogens (tertiary/aromatic N) is 1. The van der Waals surface area contributed by atoms with Crippen LogP contribution in [0.2, 0.25) is 0 Å². The zero-order valence-corrected chi connectivity index (χ0v) is 26.5. The molecule has 2 heterocycles. The highest BCUT2D eigenvalue weighted by atomic mass is 19.1. The summed E-state index contributed by atoms with van der Waals surface area (Å²) in [5.41, 5.74) is 7.36. The number of methoxy groups -OCH3 is 1. The van der Waals surface area contributed by atoms with E-state index in [1.165, 1.54) is 0 Å². The van der Waals surface area contributed by atoms with Gasteiger partial charge < -0.3 is 24.5 Å². The molecule has 242 valence electrons. The summed E-state index contributed by atoms with van der Waals surface area (Å²) in [5, 5.41) is 0.740. The van der Waals surface area contributed by atoms with Gasteiger partial charge in [0, 0.05) is 37.4 Å². The number of alkyl halides is 1. The molecule has 0 radical (unpaired) electrons. The minimum atomic E-state index is -0.535. The fourth-order valence-corrected chi connectivity index (χ4v) is 7.80. The number of benzene rings is 1. The first-order valence-electron chi connectivity index (χ1n) is 16.6. The Balaban J connectivity index is 1.32. The lowest BCUT2D eigenvalue weighted by Crippen LogP contribution is -2.48. The second-order valence-electron chi connectivity index (χ2n) is 13.7. The summed E-state index contributed by atoms with van der Waals surface area (Å²) in [4.78, 5) is 42.5. The lowest BCUT2D eigenvalue weighted by molar-refractivity contribution is -0.143. The first-order chi connectivity index (χ1) is 21.2. The fourth-order valence-electron chi connectivity index (χ4n) is 7.80. The van der Waals surface area contributed by atoms with E-state index in [-0.39, 0.29) is 53.6 Å². The number of carbonyl (C=O) groups excluding carboxylic acids is 3. The van der Waals surface area contributed by atoms with Crippen LogP contribution >= 0.6 is 0 Å². The van der Waals surface area contributed by atoms with Gasteiger partial charge >= 0.3 is 5.97 Å². The monoisotopic (exact) mass is 612 g/mol. The summed E-state index contributed by atoms with van der Waals surface area (Å²) in [5.74, 6) is 0.455. The van der Waals surface area contributed by atoms with Gasteiger partial charge in [-0.25, -0.2) is 9.18 Å². The fraction of sp³-hybridized carbons (Fsp3) is 0.686. The molecule has 1 aromatic carbocycles. The number of likely N-dealkylation sites (tertiary alicyclic amines) is 1. The van der Waals surface area contributed by atoms with Gasteiger partial charge in [-0.1, -0.05) is 19.9 Å². The molecular weight excluding hydrogens is 563 g/mol. The minimum absolute atomic E-state index is 0.0577. The Bertz CT molecular complexity index is 1290. The first-order valence-corrected chi connectivity index (χ1v) is 16.6. The SMILES string of the molecule is COC1CCC([C@@H]2CCN(C(=O)C3CCC([C@H](N)CF)CC3)[C@@H]2C(=O)Cc2ccc3oc(C(=O)OCC(C)C)cc3c2)CC1. The van der Waals surface area contributed by atoms with Crippen LogP contribution in [0.1, 0.15) is 87.8 Å². The van der Waals surface area contributed by atoms with E-state index >= 15 is 0 Å². The summed E-state index contributed by atoms with van der Waals surface area (Å²) in [6.07, 6.45) is 8.12. The van der Waals surface area contributed by atoms with Gasteiger partial charge in [0.2, 0.25) is 11.7 Å². The molecule has 2 saturated carbocycles. The smallest absolute Gasteiger partial charge is 0.374 e. The van der Waals surface area contributed by atoms with Gasteiger partial charge in [-0.2, -0.15) is 0 Å². The highest BCUT2D eigenvalue weighted by molar-refractivity contribution is 5.94. The van der Waals surface area contributed by atoms with Crippen molar-refractivity contribution in [2.45, 2.75) is 96.2 Å². The Morgan fingerprint density at radius 2 is 1.75 bits per heavy atom. The van der Waals surface area contributed by atoms with Crippen LogP contribution in [0.3, 0.4) is 0 Å². The molecule has 1 saturated heterocycles. The van der Waals surface area contributed by atoms with Crippen LogP contribution in [0.4, 0.5) is 4.39 Å². The highest BCUT2D eigenvalue weighted by Crippen LogP contribution is 2.42. The third-order valence-corrected chi connectivity index (χ3v) is 10.3. The van der Waals surface area contributed by atoms with Crippen LogP contribution < -0.4 is 5.73 Å². The molecule has 0 bridgehead atoms. The van der Waals surface area contributed by atoms with Crippen LogP contribution in [0.15, 0.2) is 28.7 Å². The standard InChI is InChI=1S/C35H49FN2O6/c1-21(2)20-43-35(41)32-18-26-16-22(4-13-31(26)44-32)17-30(39)33-28(23-9-11-27(42-3)12-10-23)14-15-38(33)34(40)25-7-5-24(6-8-25)29(37)19-36/h4,13,16,18,21,23-25,27-29,33H,5-12,14-15,17,19-20,37H2,1-3H3/t23?,24?,25?,27?,28-,29+,33-/m0/s1. The molecule has 3 aliphatic rings. The van der Waals surface area contributed by atoms with Crippen molar-refractivity contribution in [3.63, 3.8) is 0 Å². The molecule has 1 aliphatic heterocycles. The van der Waals surface area contributed by atoms with Gasteiger partial charge in [-0.05, 0) is 105 Å². The van der Waals surface area contributed by atoms with Gasteiger partial charge in [0.1, 0.15) is 12.3 Å². The number of hydrogen-bond acceptors (Lipinski definition) is 7. The largest absolute Gasteiger partial charge is 0.460 e. The molecule has 1 aromatic heterocycles. The molecule has 1 amide bonds. The number of ether oxygens (including phenoxy) is 2. The van der Waals surface area contributed by atoms with Gasteiger partial charge in [-0.15, -0.1) is 0 Å². The van der Waals surface area contributed by atoms with Crippen molar-refractivity contribution >= 4 is 28.6 Å². The number of halogens is 1. The number of fused-ring (bicyclic) bond motifs is 1. The number of ketones is 1. The van der Waals surface area contributed by atoms with E-state index in [4.69, 9.17) is 19.6 Å². The van der Waals surface area contributed by atoms with Crippen molar-refractivity contribution in [3.8, 4) is 0 Å². The van der Waals surface area contributed by atoms with Crippen molar-refractivity contribution in [2.24, 2.45) is 35.3 Å². The second-order valence-corrected chi connectivity index (χ2v) is 13.7. The van der Waals surface area contributed by atoms with E-state index in [1.54, 1.807) is 19.2 Å². The average Bonchev–Trinajstić information content (AvgIpc) is 3.68. The van der Waals surface area contributed by atoms with Crippen molar-refractivity contribution in [2.75, 3.05) is 26.9 Å².